The lowest BCUT2D eigenvalue weighted by molar-refractivity contribution is -0.125. The second-order valence-electron chi connectivity index (χ2n) is 6.83. The predicted octanol–water partition coefficient (Wildman–Crippen LogP) is 1.16. The summed E-state index contributed by atoms with van der Waals surface area (Å²) < 4.78 is 50.6. The Hall–Kier alpha value is -2.04. The molecule has 28 heavy (non-hydrogen) atoms. The van der Waals surface area contributed by atoms with Crippen LogP contribution >= 0.6 is 0 Å². The maximum atomic E-state index is 14.1. The molecule has 156 valence electrons. The number of halogens is 1. The number of hydrogen-bond acceptors (Lipinski definition) is 6. The molecule has 1 fully saturated rings. The van der Waals surface area contributed by atoms with Crippen molar-refractivity contribution in [1.82, 2.24) is 9.62 Å². The third-order valence-corrected chi connectivity index (χ3v) is 6.38. The Bertz CT molecular complexity index is 821. The summed E-state index contributed by atoms with van der Waals surface area (Å²) in [6.07, 6.45) is 0. The highest BCUT2D eigenvalue weighted by Crippen LogP contribution is 2.21. The number of morpholine rings is 1. The first-order valence-corrected chi connectivity index (χ1v) is 10.4. The van der Waals surface area contributed by atoms with Gasteiger partial charge >= 0.3 is 5.97 Å². The topological polar surface area (TPSA) is 102 Å². The van der Waals surface area contributed by atoms with Gasteiger partial charge in [0.2, 0.25) is 10.0 Å². The third kappa shape index (κ3) is 5.49. The van der Waals surface area contributed by atoms with Crippen LogP contribution in [0.25, 0.3) is 0 Å². The maximum absolute atomic E-state index is 14.1. The molecule has 1 heterocycles. The van der Waals surface area contributed by atoms with Crippen LogP contribution in [-0.2, 0) is 24.3 Å². The van der Waals surface area contributed by atoms with E-state index in [2.05, 4.69) is 5.32 Å². The van der Waals surface area contributed by atoms with Crippen molar-refractivity contribution in [3.8, 4) is 0 Å². The average molecular weight is 416 g/mol. The number of nitrogens with zero attached hydrogens (tertiary/aromatic N) is 1. The Balaban J connectivity index is 2.10. The summed E-state index contributed by atoms with van der Waals surface area (Å²) in [5, 5.41) is 2.66. The zero-order chi connectivity index (χ0) is 20.9. The zero-order valence-electron chi connectivity index (χ0n) is 16.1. The van der Waals surface area contributed by atoms with Crippen LogP contribution in [0.4, 0.5) is 4.39 Å². The highest BCUT2D eigenvalue weighted by Gasteiger charge is 2.28. The molecule has 1 saturated heterocycles. The molecule has 0 spiro atoms. The SMILES string of the molecule is CC(C)[C@@H](C)NC(=O)COC(=O)c1cc(S(=O)(=O)N2CCOCC2)ccc1F. The predicted molar refractivity (Wildman–Crippen MR) is 98.7 cm³/mol. The van der Waals surface area contributed by atoms with E-state index < -0.39 is 39.9 Å². The summed E-state index contributed by atoms with van der Waals surface area (Å²) >= 11 is 0. The van der Waals surface area contributed by atoms with Crippen molar-refractivity contribution in [3.63, 3.8) is 0 Å². The Morgan fingerprint density at radius 2 is 1.89 bits per heavy atom. The summed E-state index contributed by atoms with van der Waals surface area (Å²) in [7, 11) is -3.89. The summed E-state index contributed by atoms with van der Waals surface area (Å²) in [5.74, 6) is -2.36. The lowest BCUT2D eigenvalue weighted by Crippen LogP contribution is -2.40. The number of amides is 1. The molecule has 1 aromatic carbocycles. The number of nitrogens with one attached hydrogen (secondary N) is 1. The Labute approximate surface area is 164 Å². The van der Waals surface area contributed by atoms with Crippen molar-refractivity contribution >= 4 is 21.9 Å². The lowest BCUT2D eigenvalue weighted by Gasteiger charge is -2.26. The third-order valence-electron chi connectivity index (χ3n) is 4.49. The van der Waals surface area contributed by atoms with Gasteiger partial charge in [-0.05, 0) is 31.0 Å². The Morgan fingerprint density at radius 1 is 1.25 bits per heavy atom. The van der Waals surface area contributed by atoms with Crippen LogP contribution in [0.3, 0.4) is 0 Å². The second kappa shape index (κ2) is 9.44. The highest BCUT2D eigenvalue weighted by molar-refractivity contribution is 7.89. The van der Waals surface area contributed by atoms with E-state index in [-0.39, 0.29) is 43.2 Å². The number of hydrogen-bond donors (Lipinski definition) is 1. The maximum Gasteiger partial charge on any atom is 0.341 e. The molecule has 0 unspecified atom stereocenters. The van der Waals surface area contributed by atoms with E-state index in [1.54, 1.807) is 0 Å². The second-order valence-corrected chi connectivity index (χ2v) is 8.77. The Morgan fingerprint density at radius 3 is 2.50 bits per heavy atom. The molecular formula is C18H25FN2O6S. The molecule has 10 heteroatoms. The first kappa shape index (κ1) is 22.3. The molecule has 0 aromatic heterocycles. The number of carbonyl (C=O) groups excluding carboxylic acids is 2. The largest absolute Gasteiger partial charge is 0.452 e. The average Bonchev–Trinajstić information content (AvgIpc) is 2.66. The molecule has 0 aliphatic carbocycles. The van der Waals surface area contributed by atoms with Crippen molar-refractivity contribution in [1.29, 1.82) is 0 Å². The minimum absolute atomic E-state index is 0.120. The van der Waals surface area contributed by atoms with E-state index in [1.165, 1.54) is 4.31 Å². The number of sulfonamides is 1. The lowest BCUT2D eigenvalue weighted by atomic mass is 10.1. The van der Waals surface area contributed by atoms with Crippen LogP contribution in [0.2, 0.25) is 0 Å². The van der Waals surface area contributed by atoms with Crippen molar-refractivity contribution < 1.29 is 31.9 Å². The zero-order valence-corrected chi connectivity index (χ0v) is 16.9. The van der Waals surface area contributed by atoms with E-state index in [4.69, 9.17) is 9.47 Å². The van der Waals surface area contributed by atoms with Crippen LogP contribution in [0.15, 0.2) is 23.1 Å². The van der Waals surface area contributed by atoms with E-state index in [0.717, 1.165) is 18.2 Å². The number of benzene rings is 1. The molecule has 1 atom stereocenters. The van der Waals surface area contributed by atoms with E-state index >= 15 is 0 Å². The molecular weight excluding hydrogens is 391 g/mol. The normalized spacial score (nSPS) is 16.6. The first-order chi connectivity index (χ1) is 13.1. The fourth-order valence-electron chi connectivity index (χ4n) is 2.43. The molecule has 1 aromatic rings. The van der Waals surface area contributed by atoms with Crippen molar-refractivity contribution in [2.75, 3.05) is 32.9 Å². The molecule has 1 aliphatic heterocycles. The van der Waals surface area contributed by atoms with Gasteiger partial charge in [0.15, 0.2) is 6.61 Å². The van der Waals surface area contributed by atoms with Crippen molar-refractivity contribution in [3.05, 3.63) is 29.6 Å². The summed E-state index contributed by atoms with van der Waals surface area (Å²) in [4.78, 5) is 23.8. The molecule has 0 radical (unpaired) electrons. The number of esters is 1. The van der Waals surface area contributed by atoms with Crippen molar-refractivity contribution in [2.24, 2.45) is 5.92 Å². The fourth-order valence-corrected chi connectivity index (χ4v) is 3.86. The van der Waals surface area contributed by atoms with Gasteiger partial charge in [-0.1, -0.05) is 13.8 Å². The number of ether oxygens (including phenoxy) is 2. The van der Waals surface area contributed by atoms with Crippen LogP contribution in [-0.4, -0.2) is 63.6 Å². The quantitative estimate of drug-likeness (QED) is 0.670. The molecule has 8 nitrogen and oxygen atoms in total. The molecule has 0 bridgehead atoms. The summed E-state index contributed by atoms with van der Waals surface area (Å²) in [6, 6.07) is 2.79. The van der Waals surface area contributed by atoms with Gasteiger partial charge in [0.1, 0.15) is 5.82 Å². The van der Waals surface area contributed by atoms with E-state index in [0.29, 0.717) is 0 Å². The van der Waals surface area contributed by atoms with Crippen LogP contribution in [0, 0.1) is 11.7 Å². The van der Waals surface area contributed by atoms with Gasteiger partial charge in [-0.2, -0.15) is 4.31 Å². The minimum Gasteiger partial charge on any atom is -0.452 e. The van der Waals surface area contributed by atoms with Gasteiger partial charge in [-0.25, -0.2) is 17.6 Å². The fraction of sp³-hybridized carbons (Fsp3) is 0.556. The molecule has 1 aliphatic rings. The standard InChI is InChI=1S/C18H25FN2O6S/c1-12(2)13(3)20-17(22)11-27-18(23)15-10-14(4-5-16(15)19)28(24,25)21-6-8-26-9-7-21/h4-5,10,12-13H,6-9,11H2,1-3H3,(H,20,22)/t13-/m1/s1. The summed E-state index contributed by atoms with van der Waals surface area (Å²) in [5.41, 5.74) is -0.543. The Kier molecular flexibility index (Phi) is 7.50. The van der Waals surface area contributed by atoms with Gasteiger partial charge in [-0.15, -0.1) is 0 Å². The first-order valence-electron chi connectivity index (χ1n) is 8.97. The van der Waals surface area contributed by atoms with Crippen LogP contribution < -0.4 is 5.32 Å². The van der Waals surface area contributed by atoms with Gasteiger partial charge in [0.25, 0.3) is 5.91 Å². The van der Waals surface area contributed by atoms with Gasteiger partial charge < -0.3 is 14.8 Å². The molecule has 0 saturated carbocycles. The van der Waals surface area contributed by atoms with Gasteiger partial charge in [0.05, 0.1) is 23.7 Å². The van der Waals surface area contributed by atoms with E-state index in [1.807, 2.05) is 20.8 Å². The van der Waals surface area contributed by atoms with E-state index in [9.17, 15) is 22.4 Å². The van der Waals surface area contributed by atoms with Gasteiger partial charge in [0, 0.05) is 19.1 Å². The molecule has 2 rings (SSSR count). The van der Waals surface area contributed by atoms with Crippen LogP contribution in [0.1, 0.15) is 31.1 Å². The monoisotopic (exact) mass is 416 g/mol. The highest BCUT2D eigenvalue weighted by atomic mass is 32.2. The number of carbonyl (C=O) groups is 2. The minimum atomic E-state index is -3.89. The smallest absolute Gasteiger partial charge is 0.341 e. The molecule has 1 N–H and O–H groups in total. The van der Waals surface area contributed by atoms with Crippen molar-refractivity contribution in [2.45, 2.75) is 31.7 Å². The summed E-state index contributed by atoms with van der Waals surface area (Å²) in [6.45, 7) is 5.94. The number of rotatable bonds is 7. The van der Waals surface area contributed by atoms with Crippen LogP contribution in [0.5, 0.6) is 0 Å². The van der Waals surface area contributed by atoms with Gasteiger partial charge in [-0.3, -0.25) is 4.79 Å². The molecule has 1 amide bonds.